The number of anilines is 1. The molecule has 102 heavy (non-hydrogen) atoms. The monoisotopic (exact) mass is 1430 g/mol. The number of aliphatic imine (C=N–C) groups is 1. The van der Waals surface area contributed by atoms with Gasteiger partial charge in [-0.15, -0.1) is 0 Å². The molecule has 1 saturated heterocycles. The summed E-state index contributed by atoms with van der Waals surface area (Å²) in [6.45, 7) is 7.13. The highest BCUT2D eigenvalue weighted by atomic mass is 35.5. The van der Waals surface area contributed by atoms with Gasteiger partial charge in [-0.2, -0.15) is 0 Å². The third-order valence-electron chi connectivity index (χ3n) is 17.3. The second-order valence-corrected chi connectivity index (χ2v) is 26.2. The van der Waals surface area contributed by atoms with Crippen molar-refractivity contribution in [3.8, 4) is 5.75 Å². The first-order chi connectivity index (χ1) is 48.7. The SMILES string of the molecule is CC(=O)N[C@H](Cc1c[nH]c2ccccc12)C(=O)N[C@@H](C)C(=O)N[C@H](Cc1c[nH]c2ccccc12)C(=O)N[C@@H](CO)C(=O)N[C@@H](Cc1ccc(O)cc1)C(=O)N[C@H](CCCCN)C(=O)N[C@@H](CC(C)C)C(=O)N[C@@H](CCCN=C(N)N)C(=O)N1CCC[C@H]1C(=O)N[C@H](C)C(=O)Nc1ccc(Cl)cc1. The van der Waals surface area contributed by atoms with Crippen LogP contribution in [0.1, 0.15) is 103 Å². The number of H-pyrrole nitrogens is 2. The minimum absolute atomic E-state index is 0.0125. The number of aromatic nitrogens is 2. The van der Waals surface area contributed by atoms with Crippen LogP contribution in [-0.4, -0.2) is 183 Å². The number of hydrogen-bond donors (Lipinski definition) is 17. The Morgan fingerprint density at radius 3 is 1.66 bits per heavy atom. The smallest absolute Gasteiger partial charge is 0.246 e. The number of aromatic amines is 2. The molecule has 1 aliphatic heterocycles. The van der Waals surface area contributed by atoms with Gasteiger partial charge in [0.15, 0.2) is 5.96 Å². The summed E-state index contributed by atoms with van der Waals surface area (Å²) < 4.78 is 0. The molecular weight excluding hydrogens is 1330 g/mol. The van der Waals surface area contributed by atoms with Crippen LogP contribution in [0.25, 0.3) is 21.8 Å². The molecular formula is C71H94ClN17O13. The van der Waals surface area contributed by atoms with Crippen LogP contribution in [0.15, 0.2) is 114 Å². The van der Waals surface area contributed by atoms with Gasteiger partial charge in [0, 0.05) is 84.2 Å². The zero-order chi connectivity index (χ0) is 74.2. The van der Waals surface area contributed by atoms with E-state index in [1.54, 1.807) is 74.8 Å². The van der Waals surface area contributed by atoms with Gasteiger partial charge in [0.1, 0.15) is 66.2 Å². The maximum atomic E-state index is 14.8. The molecule has 20 N–H and O–H groups in total. The number of aromatic hydroxyl groups is 1. The number of unbranched alkanes of at least 4 members (excludes halogenated alkanes) is 1. The molecule has 0 aliphatic carbocycles. The summed E-state index contributed by atoms with van der Waals surface area (Å²) in [4.78, 5) is 167. The Bertz CT molecular complexity index is 3930. The van der Waals surface area contributed by atoms with E-state index >= 15 is 0 Å². The Labute approximate surface area is 595 Å². The molecule has 30 nitrogen and oxygen atoms in total. The summed E-state index contributed by atoms with van der Waals surface area (Å²) in [5, 5.41) is 49.9. The summed E-state index contributed by atoms with van der Waals surface area (Å²) >= 11 is 6.00. The van der Waals surface area contributed by atoms with Crippen LogP contribution < -0.4 is 70.4 Å². The highest BCUT2D eigenvalue weighted by molar-refractivity contribution is 6.30. The molecule has 0 unspecified atom stereocenters. The van der Waals surface area contributed by atoms with Crippen LogP contribution in [-0.2, 0) is 72.0 Å². The fraction of sp³-hybridized carbons (Fsp3) is 0.437. The average molecular weight is 1430 g/mol. The number of hydrogen-bond acceptors (Lipinski definition) is 15. The Hall–Kier alpha value is -10.6. The van der Waals surface area contributed by atoms with Crippen LogP contribution in [0.4, 0.5) is 5.69 Å². The Kier molecular flexibility index (Phi) is 29.6. The molecule has 4 aromatic carbocycles. The summed E-state index contributed by atoms with van der Waals surface area (Å²) in [5.41, 5.74) is 20.8. The lowest BCUT2D eigenvalue weighted by Gasteiger charge is -2.31. The molecule has 6 aromatic rings. The number of phenolic OH excluding ortho intramolecular Hbond substituents is 1. The number of rotatable bonds is 37. The van der Waals surface area contributed by atoms with Gasteiger partial charge in [0.2, 0.25) is 65.0 Å². The number of carbonyl (C=O) groups excluding carboxylic acids is 11. The number of aliphatic hydroxyl groups is 1. The van der Waals surface area contributed by atoms with E-state index in [9.17, 15) is 63.0 Å². The number of likely N-dealkylation sites (tertiary alicyclic amines) is 1. The van der Waals surface area contributed by atoms with E-state index in [2.05, 4.69) is 68.1 Å². The minimum atomic E-state index is -1.78. The van der Waals surface area contributed by atoms with E-state index in [1.165, 1.54) is 49.9 Å². The van der Waals surface area contributed by atoms with E-state index in [0.717, 1.165) is 16.5 Å². The fourth-order valence-electron chi connectivity index (χ4n) is 11.9. The molecule has 0 spiro atoms. The lowest BCUT2D eigenvalue weighted by atomic mass is 10.00. The maximum absolute atomic E-state index is 14.8. The van der Waals surface area contributed by atoms with Gasteiger partial charge in [-0.05, 0) is 143 Å². The average Bonchev–Trinajstić information content (AvgIpc) is 1.63. The first-order valence-corrected chi connectivity index (χ1v) is 34.4. The minimum Gasteiger partial charge on any atom is -0.508 e. The molecule has 1 aliphatic rings. The first kappa shape index (κ1) is 78.7. The fourth-order valence-corrected chi connectivity index (χ4v) is 12.0. The lowest BCUT2D eigenvalue weighted by Crippen LogP contribution is -2.61. The van der Waals surface area contributed by atoms with Gasteiger partial charge in [-0.1, -0.05) is 74.0 Å². The van der Waals surface area contributed by atoms with Crippen molar-refractivity contribution in [3.05, 3.63) is 131 Å². The van der Waals surface area contributed by atoms with Crippen LogP contribution in [0, 0.1) is 5.92 Å². The van der Waals surface area contributed by atoms with E-state index in [0.29, 0.717) is 45.6 Å². The third-order valence-corrected chi connectivity index (χ3v) is 17.5. The van der Waals surface area contributed by atoms with Crippen LogP contribution in [0.5, 0.6) is 5.75 Å². The quantitative estimate of drug-likeness (QED) is 0.0149. The highest BCUT2D eigenvalue weighted by Gasteiger charge is 2.40. The van der Waals surface area contributed by atoms with Crippen molar-refractivity contribution in [3.63, 3.8) is 0 Å². The van der Waals surface area contributed by atoms with Gasteiger partial charge in [0.25, 0.3) is 0 Å². The number of amides is 11. The number of guanidine groups is 1. The van der Waals surface area contributed by atoms with Gasteiger partial charge in [-0.3, -0.25) is 57.7 Å². The number of nitrogens with zero attached hydrogens (tertiary/aromatic N) is 2. The number of carbonyl (C=O) groups is 11. The predicted molar refractivity (Wildman–Crippen MR) is 384 cm³/mol. The number of para-hydroxylation sites is 2. The number of nitrogens with two attached hydrogens (primary N) is 3. The number of benzene rings is 4. The molecule has 1 fully saturated rings. The van der Waals surface area contributed by atoms with Crippen molar-refractivity contribution in [2.75, 3.05) is 31.6 Å². The van der Waals surface area contributed by atoms with Gasteiger partial charge < -0.3 is 95.4 Å². The predicted octanol–water partition coefficient (Wildman–Crippen LogP) is 1.31. The number of halogens is 1. The first-order valence-electron chi connectivity index (χ1n) is 34.0. The topological polar surface area (TPSA) is 474 Å². The van der Waals surface area contributed by atoms with Crippen LogP contribution in [0.3, 0.4) is 0 Å². The Morgan fingerprint density at radius 2 is 1.07 bits per heavy atom. The summed E-state index contributed by atoms with van der Waals surface area (Å²) in [6.07, 6.45) is 4.51. The van der Waals surface area contributed by atoms with E-state index in [4.69, 9.17) is 28.8 Å². The highest BCUT2D eigenvalue weighted by Crippen LogP contribution is 2.24. The molecule has 548 valence electrons. The summed E-state index contributed by atoms with van der Waals surface area (Å²) in [6, 6.07) is 13.4. The van der Waals surface area contributed by atoms with Gasteiger partial charge in [-0.25, -0.2) is 0 Å². The van der Waals surface area contributed by atoms with Gasteiger partial charge in [0.05, 0.1) is 6.61 Å². The van der Waals surface area contributed by atoms with Crippen molar-refractivity contribution >= 4 is 110 Å². The molecule has 7 rings (SSSR count). The van der Waals surface area contributed by atoms with Crippen molar-refractivity contribution in [1.82, 2.24) is 62.7 Å². The van der Waals surface area contributed by atoms with E-state index < -0.39 is 132 Å². The second kappa shape index (κ2) is 38.3. The standard InChI is InChI=1S/C71H94ClN17O13/c1-39(2)32-55(65(97)84-54(19-12-30-76-71(74)75)70(102)89-31-13-20-60(89)69(101)80-40(3)61(93)82-47-25-23-46(72)24-26-47)86-63(95)53(18-10-11-29-73)83-66(98)56(33-43-21-27-48(92)28-22-43)87-68(100)59(38-90)88-67(99)58(35-45-37-78-52-17-9-7-15-50(45)52)85-62(94)41(4)79-64(96)57(81-42(5)91)34-44-36-77-51-16-8-6-14-49(44)51/h6-9,14-17,21-28,36-37,39-41,53-60,77-78,90,92H,10-13,18-20,29-35,38,73H2,1-5H3,(H,79,96)(H,80,101)(H,81,91)(H,82,93)(H,83,98)(H,84,97)(H,85,94)(H,86,95)(H,87,100)(H,88,99)(H4,74,75,76)/t40-,41+,53-,54+,55+,56+,57-,58-,59+,60+/m1/s1. The Balaban J connectivity index is 1.07. The van der Waals surface area contributed by atoms with Crippen LogP contribution >= 0.6 is 11.6 Å². The number of phenols is 1. The largest absolute Gasteiger partial charge is 0.508 e. The lowest BCUT2D eigenvalue weighted by molar-refractivity contribution is -0.142. The number of fused-ring (bicyclic) bond motifs is 2. The molecule has 0 radical (unpaired) electrons. The summed E-state index contributed by atoms with van der Waals surface area (Å²) in [7, 11) is 0. The zero-order valence-corrected chi connectivity index (χ0v) is 58.5. The molecule has 31 heteroatoms. The normalized spacial score (nSPS) is 15.4. The maximum Gasteiger partial charge on any atom is 0.246 e. The van der Waals surface area contributed by atoms with E-state index in [-0.39, 0.29) is 95.0 Å². The summed E-state index contributed by atoms with van der Waals surface area (Å²) in [5.74, 6) is -8.88. The molecule has 2 aromatic heterocycles. The zero-order valence-electron chi connectivity index (χ0n) is 57.7. The van der Waals surface area contributed by atoms with Crippen molar-refractivity contribution in [2.45, 2.75) is 166 Å². The second-order valence-electron chi connectivity index (χ2n) is 25.8. The molecule has 0 saturated carbocycles. The molecule has 0 bridgehead atoms. The number of aliphatic hydroxyl groups excluding tert-OH is 1. The molecule has 11 amide bonds. The van der Waals surface area contributed by atoms with Crippen molar-refractivity contribution in [2.24, 2.45) is 28.1 Å². The van der Waals surface area contributed by atoms with Crippen molar-refractivity contribution < 1.29 is 63.0 Å². The number of nitrogens with one attached hydrogen (secondary N) is 12. The Morgan fingerprint density at radius 1 is 0.569 bits per heavy atom. The molecule has 3 heterocycles. The van der Waals surface area contributed by atoms with Gasteiger partial charge >= 0.3 is 0 Å². The van der Waals surface area contributed by atoms with E-state index in [1.807, 2.05) is 24.3 Å². The van der Waals surface area contributed by atoms with Crippen molar-refractivity contribution in [1.29, 1.82) is 0 Å². The molecule has 10 atom stereocenters. The van der Waals surface area contributed by atoms with Crippen LogP contribution in [0.2, 0.25) is 5.02 Å². The third kappa shape index (κ3) is 23.2.